The van der Waals surface area contributed by atoms with Crippen LogP contribution in [0.25, 0.3) is 5.57 Å². The molecule has 2 N–H and O–H groups in total. The van der Waals surface area contributed by atoms with Crippen molar-refractivity contribution in [3.8, 4) is 5.75 Å². The zero-order valence-electron chi connectivity index (χ0n) is 20.2. The smallest absolute Gasteiger partial charge is 0.335 e. The number of amides is 1. The maximum absolute atomic E-state index is 13.2. The first kappa shape index (κ1) is 25.9. The zero-order valence-corrected chi connectivity index (χ0v) is 20.2. The molecule has 0 radical (unpaired) electrons. The summed E-state index contributed by atoms with van der Waals surface area (Å²) >= 11 is 0. The van der Waals surface area contributed by atoms with Crippen LogP contribution in [0, 0.1) is 6.92 Å². The summed E-state index contributed by atoms with van der Waals surface area (Å²) in [6.45, 7) is 4.22. The molecule has 0 unspecified atom stereocenters. The standard InChI is InChI=1S/C26H23NO9/c1-12-10-16(19-13(2)20(29)23(34-4)24(35-5)21(19)30)11-18(22(12)36-14(3)28)25(31)27-17-8-6-15(7-9-17)26(32)33/h6-11H,1-5H3,(H,27,31)(H,32,33). The number of methoxy groups -OCH3 is 2. The molecular formula is C26H23NO9. The fraction of sp³-hybridized carbons (Fsp3) is 0.192. The molecule has 2 aromatic carbocycles. The molecule has 10 nitrogen and oxygen atoms in total. The molecule has 1 amide bonds. The Morgan fingerprint density at radius 1 is 0.889 bits per heavy atom. The highest BCUT2D eigenvalue weighted by molar-refractivity contribution is 6.38. The van der Waals surface area contributed by atoms with Gasteiger partial charge in [0.15, 0.2) is 0 Å². The van der Waals surface area contributed by atoms with Crippen molar-refractivity contribution in [3.63, 3.8) is 0 Å². The van der Waals surface area contributed by atoms with Gasteiger partial charge in [0.1, 0.15) is 5.75 Å². The number of benzene rings is 2. The summed E-state index contributed by atoms with van der Waals surface area (Å²) < 4.78 is 15.5. The normalized spacial score (nSPS) is 13.5. The number of ketones is 2. The Labute approximate surface area is 206 Å². The number of hydrogen-bond donors (Lipinski definition) is 2. The van der Waals surface area contributed by atoms with Crippen LogP contribution in [0.5, 0.6) is 5.75 Å². The Hall–Kier alpha value is -4.73. The second-order valence-corrected chi connectivity index (χ2v) is 7.82. The number of esters is 1. The van der Waals surface area contributed by atoms with Crippen molar-refractivity contribution in [2.75, 3.05) is 19.5 Å². The van der Waals surface area contributed by atoms with Crippen LogP contribution < -0.4 is 10.1 Å². The van der Waals surface area contributed by atoms with Crippen molar-refractivity contribution in [2.45, 2.75) is 20.8 Å². The number of hydrogen-bond acceptors (Lipinski definition) is 8. The quantitative estimate of drug-likeness (QED) is 0.337. The zero-order chi connectivity index (χ0) is 26.7. The van der Waals surface area contributed by atoms with Crippen LogP contribution >= 0.6 is 0 Å². The maximum atomic E-state index is 13.2. The summed E-state index contributed by atoms with van der Waals surface area (Å²) in [5, 5.41) is 11.7. The van der Waals surface area contributed by atoms with E-state index >= 15 is 0 Å². The molecule has 1 aliphatic rings. The Bertz CT molecular complexity index is 1360. The molecule has 0 atom stereocenters. The van der Waals surface area contributed by atoms with E-state index in [1.807, 2.05) is 0 Å². The summed E-state index contributed by atoms with van der Waals surface area (Å²) in [6, 6.07) is 8.30. The van der Waals surface area contributed by atoms with E-state index in [4.69, 9.17) is 19.3 Å². The number of nitrogens with one attached hydrogen (secondary N) is 1. The third kappa shape index (κ3) is 4.88. The Morgan fingerprint density at radius 2 is 1.47 bits per heavy atom. The highest BCUT2D eigenvalue weighted by atomic mass is 16.5. The van der Waals surface area contributed by atoms with E-state index in [2.05, 4.69) is 5.32 Å². The van der Waals surface area contributed by atoms with Gasteiger partial charge in [0, 0.05) is 23.8 Å². The van der Waals surface area contributed by atoms with Crippen LogP contribution in [0.15, 0.2) is 53.5 Å². The highest BCUT2D eigenvalue weighted by Crippen LogP contribution is 2.36. The first-order chi connectivity index (χ1) is 17.0. The van der Waals surface area contributed by atoms with Crippen LogP contribution in [0.2, 0.25) is 0 Å². The molecule has 0 saturated heterocycles. The van der Waals surface area contributed by atoms with Gasteiger partial charge in [-0.25, -0.2) is 4.79 Å². The van der Waals surface area contributed by atoms with E-state index in [1.165, 1.54) is 64.5 Å². The van der Waals surface area contributed by atoms with Crippen LogP contribution in [0.4, 0.5) is 5.69 Å². The molecule has 186 valence electrons. The van der Waals surface area contributed by atoms with Gasteiger partial charge in [-0.15, -0.1) is 0 Å². The summed E-state index contributed by atoms with van der Waals surface area (Å²) in [7, 11) is 2.49. The van der Waals surface area contributed by atoms with Crippen molar-refractivity contribution in [1.29, 1.82) is 0 Å². The molecule has 0 bridgehead atoms. The van der Waals surface area contributed by atoms with Crippen LogP contribution in [0.1, 0.15) is 45.7 Å². The molecule has 2 aromatic rings. The topological polar surface area (TPSA) is 145 Å². The van der Waals surface area contributed by atoms with Gasteiger partial charge in [0.2, 0.25) is 23.1 Å². The van der Waals surface area contributed by atoms with Crippen molar-refractivity contribution < 1.29 is 43.3 Å². The first-order valence-electron chi connectivity index (χ1n) is 10.6. The summed E-state index contributed by atoms with van der Waals surface area (Å²) in [6.07, 6.45) is 0. The SMILES string of the molecule is COC1=C(OC)C(=O)C(c2cc(C)c(OC(C)=O)c(C(=O)Nc3ccc(C(=O)O)cc3)c2)=C(C)C1=O. The molecule has 1 aliphatic carbocycles. The van der Waals surface area contributed by atoms with Crippen molar-refractivity contribution in [1.82, 2.24) is 0 Å². The Morgan fingerprint density at radius 3 is 2.00 bits per heavy atom. The molecule has 0 aliphatic heterocycles. The average molecular weight is 493 g/mol. The summed E-state index contributed by atoms with van der Waals surface area (Å²) in [5.74, 6) is -4.15. The predicted molar refractivity (Wildman–Crippen MR) is 127 cm³/mol. The number of carbonyl (C=O) groups excluding carboxylic acids is 4. The minimum absolute atomic E-state index is 0.00925. The van der Waals surface area contributed by atoms with Crippen molar-refractivity contribution >= 4 is 40.7 Å². The Balaban J connectivity index is 2.12. The van der Waals surface area contributed by atoms with Gasteiger partial charge >= 0.3 is 11.9 Å². The average Bonchev–Trinajstić information content (AvgIpc) is 2.82. The van der Waals surface area contributed by atoms with Gasteiger partial charge in [0.05, 0.1) is 25.3 Å². The van der Waals surface area contributed by atoms with Gasteiger partial charge < -0.3 is 24.6 Å². The lowest BCUT2D eigenvalue weighted by Gasteiger charge is -2.22. The molecule has 0 saturated carbocycles. The number of carbonyl (C=O) groups is 5. The Kier molecular flexibility index (Phi) is 7.38. The van der Waals surface area contributed by atoms with E-state index in [-0.39, 0.29) is 50.8 Å². The molecule has 0 heterocycles. The molecule has 0 fully saturated rings. The summed E-state index contributed by atoms with van der Waals surface area (Å²) in [4.78, 5) is 62.1. The first-order valence-corrected chi connectivity index (χ1v) is 10.6. The molecule has 10 heteroatoms. The van der Waals surface area contributed by atoms with Crippen LogP contribution in [-0.2, 0) is 23.9 Å². The van der Waals surface area contributed by atoms with Gasteiger partial charge in [-0.3, -0.25) is 19.2 Å². The molecular weight excluding hydrogens is 470 g/mol. The lowest BCUT2D eigenvalue weighted by atomic mass is 9.86. The number of ether oxygens (including phenoxy) is 3. The number of allylic oxidation sites excluding steroid dienone is 2. The predicted octanol–water partition coefficient (Wildman–Crippen LogP) is 3.30. The highest BCUT2D eigenvalue weighted by Gasteiger charge is 2.36. The maximum Gasteiger partial charge on any atom is 0.335 e. The van der Waals surface area contributed by atoms with Crippen LogP contribution in [-0.4, -0.2) is 48.7 Å². The van der Waals surface area contributed by atoms with Gasteiger partial charge in [-0.1, -0.05) is 0 Å². The van der Waals surface area contributed by atoms with Gasteiger partial charge in [0.25, 0.3) is 5.91 Å². The van der Waals surface area contributed by atoms with E-state index < -0.39 is 29.4 Å². The van der Waals surface area contributed by atoms with Gasteiger partial charge in [-0.05, 0) is 61.4 Å². The van der Waals surface area contributed by atoms with Gasteiger partial charge in [-0.2, -0.15) is 0 Å². The lowest BCUT2D eigenvalue weighted by Crippen LogP contribution is -2.24. The third-order valence-electron chi connectivity index (χ3n) is 5.41. The van der Waals surface area contributed by atoms with E-state index in [0.717, 1.165) is 0 Å². The number of rotatable bonds is 7. The largest absolute Gasteiger partial charge is 0.489 e. The number of carboxylic acids is 1. The van der Waals surface area contributed by atoms with Crippen molar-refractivity contribution in [3.05, 3.63) is 75.7 Å². The second kappa shape index (κ2) is 10.3. The minimum atomic E-state index is -1.12. The molecule has 36 heavy (non-hydrogen) atoms. The summed E-state index contributed by atoms with van der Waals surface area (Å²) in [5.41, 5.74) is 0.930. The molecule has 0 aromatic heterocycles. The third-order valence-corrected chi connectivity index (χ3v) is 5.41. The fourth-order valence-electron chi connectivity index (χ4n) is 3.75. The molecule has 0 spiro atoms. The van der Waals surface area contributed by atoms with E-state index in [0.29, 0.717) is 5.56 Å². The number of aromatic carboxylic acids is 1. The monoisotopic (exact) mass is 493 g/mol. The van der Waals surface area contributed by atoms with Crippen LogP contribution in [0.3, 0.4) is 0 Å². The van der Waals surface area contributed by atoms with Crippen molar-refractivity contribution in [2.24, 2.45) is 0 Å². The minimum Gasteiger partial charge on any atom is -0.489 e. The molecule has 3 rings (SSSR count). The van der Waals surface area contributed by atoms with E-state index in [1.54, 1.807) is 6.92 Å². The van der Waals surface area contributed by atoms with E-state index in [9.17, 15) is 24.0 Å². The lowest BCUT2D eigenvalue weighted by molar-refractivity contribution is -0.132. The fourth-order valence-corrected chi connectivity index (χ4v) is 3.75. The number of Topliss-reactive ketones (excluding diaryl/α,β-unsaturated/α-hetero) is 2. The number of carboxylic acid groups (broad SMARTS) is 1. The number of anilines is 1. The number of aryl methyl sites for hydroxylation is 1. The second-order valence-electron chi connectivity index (χ2n) is 7.82.